The lowest BCUT2D eigenvalue weighted by molar-refractivity contribution is -0.117. The van der Waals surface area contributed by atoms with Crippen molar-refractivity contribution >= 4 is 17.9 Å². The summed E-state index contributed by atoms with van der Waals surface area (Å²) in [5, 5.41) is 5.43. The lowest BCUT2D eigenvalue weighted by Crippen LogP contribution is -2.36. The molecule has 1 heterocycles. The molecule has 0 unspecified atom stereocenters. The number of nitrogens with one attached hydrogen (secondary N) is 2. The van der Waals surface area contributed by atoms with Gasteiger partial charge in [0.1, 0.15) is 17.2 Å². The Morgan fingerprint density at radius 1 is 1.20 bits per heavy atom. The summed E-state index contributed by atoms with van der Waals surface area (Å²) in [5.41, 5.74) is 0.541. The standard InChI is InChI=1S/C19H22N2O4/c1-13(2)12-20-19(23)17(11-16-5-4-10-25-16)21-18(22)14-6-8-15(24-3)9-7-14/h4-11,13H,12H2,1-3H3,(H,20,23)(H,21,22)/b17-11-. The van der Waals surface area contributed by atoms with Crippen molar-refractivity contribution in [2.45, 2.75) is 13.8 Å². The summed E-state index contributed by atoms with van der Waals surface area (Å²) in [6, 6.07) is 10.0. The normalized spacial score (nSPS) is 11.3. The van der Waals surface area contributed by atoms with Gasteiger partial charge in [0, 0.05) is 18.2 Å². The minimum Gasteiger partial charge on any atom is -0.497 e. The van der Waals surface area contributed by atoms with Crippen LogP contribution in [0, 0.1) is 5.92 Å². The van der Waals surface area contributed by atoms with Gasteiger partial charge in [0.15, 0.2) is 0 Å². The van der Waals surface area contributed by atoms with Crippen molar-refractivity contribution in [1.29, 1.82) is 0 Å². The quantitative estimate of drug-likeness (QED) is 0.758. The third-order valence-corrected chi connectivity index (χ3v) is 3.35. The molecule has 0 spiro atoms. The van der Waals surface area contributed by atoms with Gasteiger partial charge in [0.2, 0.25) is 0 Å². The van der Waals surface area contributed by atoms with Gasteiger partial charge in [0.25, 0.3) is 11.8 Å². The van der Waals surface area contributed by atoms with E-state index < -0.39 is 0 Å². The second-order valence-electron chi connectivity index (χ2n) is 5.86. The number of furan rings is 1. The van der Waals surface area contributed by atoms with Crippen LogP contribution in [0.2, 0.25) is 0 Å². The van der Waals surface area contributed by atoms with Crippen LogP contribution in [0.15, 0.2) is 52.8 Å². The summed E-state index contributed by atoms with van der Waals surface area (Å²) in [4.78, 5) is 24.8. The van der Waals surface area contributed by atoms with Crippen molar-refractivity contribution in [2.75, 3.05) is 13.7 Å². The molecule has 0 aliphatic carbocycles. The molecule has 0 bridgehead atoms. The fourth-order valence-electron chi connectivity index (χ4n) is 2.00. The van der Waals surface area contributed by atoms with Crippen LogP contribution in [0.25, 0.3) is 6.08 Å². The number of carbonyl (C=O) groups is 2. The maximum absolute atomic E-state index is 12.4. The fourth-order valence-corrected chi connectivity index (χ4v) is 2.00. The molecule has 0 radical (unpaired) electrons. The Hall–Kier alpha value is -3.02. The van der Waals surface area contributed by atoms with E-state index in [9.17, 15) is 9.59 Å². The molecule has 0 aliphatic rings. The molecule has 1 aromatic heterocycles. The molecule has 2 aromatic rings. The van der Waals surface area contributed by atoms with E-state index in [0.717, 1.165) is 0 Å². The Bertz CT molecular complexity index is 731. The van der Waals surface area contributed by atoms with Crippen molar-refractivity contribution in [3.8, 4) is 5.75 Å². The van der Waals surface area contributed by atoms with Crippen molar-refractivity contribution in [1.82, 2.24) is 10.6 Å². The number of hydrogen-bond donors (Lipinski definition) is 2. The lowest BCUT2D eigenvalue weighted by atomic mass is 10.2. The predicted octanol–water partition coefficient (Wildman–Crippen LogP) is 2.83. The van der Waals surface area contributed by atoms with Crippen LogP contribution in [0.1, 0.15) is 30.0 Å². The summed E-state index contributed by atoms with van der Waals surface area (Å²) >= 11 is 0. The molecule has 132 valence electrons. The zero-order chi connectivity index (χ0) is 18.2. The number of amides is 2. The Morgan fingerprint density at radius 2 is 1.92 bits per heavy atom. The summed E-state index contributed by atoms with van der Waals surface area (Å²) in [6.45, 7) is 4.49. The summed E-state index contributed by atoms with van der Waals surface area (Å²) in [5.74, 6) is 0.667. The van der Waals surface area contributed by atoms with Crippen molar-refractivity contribution in [2.24, 2.45) is 5.92 Å². The van der Waals surface area contributed by atoms with Crippen LogP contribution in [-0.4, -0.2) is 25.5 Å². The highest BCUT2D eigenvalue weighted by atomic mass is 16.5. The van der Waals surface area contributed by atoms with Crippen LogP contribution in [0.5, 0.6) is 5.75 Å². The highest BCUT2D eigenvalue weighted by molar-refractivity contribution is 6.05. The van der Waals surface area contributed by atoms with Gasteiger partial charge in [-0.15, -0.1) is 0 Å². The van der Waals surface area contributed by atoms with Gasteiger partial charge < -0.3 is 19.8 Å². The van der Waals surface area contributed by atoms with Gasteiger partial charge in [-0.1, -0.05) is 13.8 Å². The minimum atomic E-state index is -0.389. The molecule has 2 amide bonds. The molecule has 1 aromatic carbocycles. The number of rotatable bonds is 7. The zero-order valence-electron chi connectivity index (χ0n) is 14.5. The first-order valence-electron chi connectivity index (χ1n) is 7.98. The Morgan fingerprint density at radius 3 is 2.48 bits per heavy atom. The number of methoxy groups -OCH3 is 1. The highest BCUT2D eigenvalue weighted by Crippen LogP contribution is 2.12. The van der Waals surface area contributed by atoms with E-state index in [-0.39, 0.29) is 17.5 Å². The van der Waals surface area contributed by atoms with Crippen molar-refractivity contribution in [3.63, 3.8) is 0 Å². The molecule has 0 saturated carbocycles. The molecular formula is C19H22N2O4. The van der Waals surface area contributed by atoms with Gasteiger partial charge in [-0.25, -0.2) is 0 Å². The van der Waals surface area contributed by atoms with Crippen LogP contribution in [-0.2, 0) is 4.79 Å². The van der Waals surface area contributed by atoms with E-state index in [4.69, 9.17) is 9.15 Å². The monoisotopic (exact) mass is 342 g/mol. The van der Waals surface area contributed by atoms with E-state index in [1.165, 1.54) is 12.3 Å². The van der Waals surface area contributed by atoms with Gasteiger partial charge in [-0.3, -0.25) is 9.59 Å². The third-order valence-electron chi connectivity index (χ3n) is 3.35. The summed E-state index contributed by atoms with van der Waals surface area (Å²) in [7, 11) is 1.55. The van der Waals surface area contributed by atoms with Crippen LogP contribution in [0.4, 0.5) is 0 Å². The lowest BCUT2D eigenvalue weighted by Gasteiger charge is -2.12. The summed E-state index contributed by atoms with van der Waals surface area (Å²) in [6.07, 6.45) is 3.00. The van der Waals surface area contributed by atoms with Crippen LogP contribution >= 0.6 is 0 Å². The number of benzene rings is 1. The molecule has 0 fully saturated rings. The molecule has 0 aliphatic heterocycles. The molecule has 6 heteroatoms. The molecule has 6 nitrogen and oxygen atoms in total. The molecule has 25 heavy (non-hydrogen) atoms. The first-order valence-corrected chi connectivity index (χ1v) is 7.98. The largest absolute Gasteiger partial charge is 0.497 e. The average Bonchev–Trinajstić information content (AvgIpc) is 3.12. The predicted molar refractivity (Wildman–Crippen MR) is 95.0 cm³/mol. The molecule has 2 N–H and O–H groups in total. The number of hydrogen-bond acceptors (Lipinski definition) is 4. The molecule has 0 atom stereocenters. The van der Waals surface area contributed by atoms with E-state index in [1.807, 2.05) is 13.8 Å². The van der Waals surface area contributed by atoms with Crippen molar-refractivity contribution in [3.05, 3.63) is 59.7 Å². The first kappa shape index (κ1) is 18.3. The van der Waals surface area contributed by atoms with Crippen molar-refractivity contribution < 1.29 is 18.7 Å². The second-order valence-corrected chi connectivity index (χ2v) is 5.86. The maximum atomic E-state index is 12.4. The zero-order valence-corrected chi connectivity index (χ0v) is 14.5. The number of ether oxygens (including phenoxy) is 1. The SMILES string of the molecule is COc1ccc(C(=O)N/C(=C\c2ccco2)C(=O)NCC(C)C)cc1. The van der Waals surface area contributed by atoms with Gasteiger partial charge in [-0.05, 0) is 42.3 Å². The minimum absolute atomic E-state index is 0.122. The first-order chi connectivity index (χ1) is 12.0. The van der Waals surface area contributed by atoms with Gasteiger partial charge in [-0.2, -0.15) is 0 Å². The molecular weight excluding hydrogens is 320 g/mol. The smallest absolute Gasteiger partial charge is 0.267 e. The Labute approximate surface area is 146 Å². The van der Waals surface area contributed by atoms with E-state index in [1.54, 1.807) is 43.5 Å². The van der Waals surface area contributed by atoms with E-state index in [2.05, 4.69) is 10.6 Å². The van der Waals surface area contributed by atoms with E-state index in [0.29, 0.717) is 29.5 Å². The number of carbonyl (C=O) groups excluding carboxylic acids is 2. The van der Waals surface area contributed by atoms with Gasteiger partial charge in [0.05, 0.1) is 13.4 Å². The average molecular weight is 342 g/mol. The maximum Gasteiger partial charge on any atom is 0.267 e. The van der Waals surface area contributed by atoms with Crippen LogP contribution < -0.4 is 15.4 Å². The van der Waals surface area contributed by atoms with E-state index >= 15 is 0 Å². The van der Waals surface area contributed by atoms with Crippen LogP contribution in [0.3, 0.4) is 0 Å². The summed E-state index contributed by atoms with van der Waals surface area (Å²) < 4.78 is 10.3. The Kier molecular flexibility index (Phi) is 6.39. The topological polar surface area (TPSA) is 80.6 Å². The van der Waals surface area contributed by atoms with Gasteiger partial charge >= 0.3 is 0 Å². The third kappa shape index (κ3) is 5.53. The fraction of sp³-hybridized carbons (Fsp3) is 0.263. The second kappa shape index (κ2) is 8.73. The molecule has 2 rings (SSSR count). The Balaban J connectivity index is 2.16. The highest BCUT2D eigenvalue weighted by Gasteiger charge is 2.15. The molecule has 0 saturated heterocycles.